The van der Waals surface area contributed by atoms with E-state index in [9.17, 15) is 18.5 Å². The van der Waals surface area contributed by atoms with E-state index in [1.165, 1.54) is 30.0 Å². The second-order valence-electron chi connectivity index (χ2n) is 5.38. The average Bonchev–Trinajstić information content (AvgIpc) is 2.65. The number of hydrogen-bond donors (Lipinski definition) is 1. The lowest BCUT2D eigenvalue weighted by atomic mass is 10.3. The molecule has 3 aromatic rings. The van der Waals surface area contributed by atoms with E-state index in [2.05, 4.69) is 4.72 Å². The fourth-order valence-electron chi connectivity index (χ4n) is 2.30. The number of anilines is 1. The number of nitro groups is 1. The van der Waals surface area contributed by atoms with Gasteiger partial charge >= 0.3 is 0 Å². The molecule has 0 aromatic heterocycles. The summed E-state index contributed by atoms with van der Waals surface area (Å²) in [6.45, 7) is 0. The van der Waals surface area contributed by atoms with Crippen molar-refractivity contribution >= 4 is 44.8 Å². The molecule has 0 saturated heterocycles. The number of nitro benzene ring substituents is 1. The van der Waals surface area contributed by atoms with Gasteiger partial charge < -0.3 is 0 Å². The maximum Gasteiger partial charge on any atom is 0.289 e. The quantitative estimate of drug-likeness (QED) is 0.437. The maximum absolute atomic E-state index is 12.7. The Labute approximate surface area is 165 Å². The van der Waals surface area contributed by atoms with Crippen LogP contribution in [0.3, 0.4) is 0 Å². The topological polar surface area (TPSA) is 89.3 Å². The van der Waals surface area contributed by atoms with E-state index in [0.717, 1.165) is 11.0 Å². The van der Waals surface area contributed by atoms with Crippen molar-refractivity contribution in [3.8, 4) is 0 Å². The Balaban J connectivity index is 1.94. The number of benzene rings is 3. The van der Waals surface area contributed by atoms with Crippen LogP contribution in [0.5, 0.6) is 0 Å². The van der Waals surface area contributed by atoms with Crippen LogP contribution in [0.4, 0.5) is 11.4 Å². The summed E-state index contributed by atoms with van der Waals surface area (Å²) in [6, 6.07) is 19.2. The van der Waals surface area contributed by atoms with Gasteiger partial charge in [-0.25, -0.2) is 8.42 Å². The summed E-state index contributed by atoms with van der Waals surface area (Å²) in [7, 11) is -4.14. The Morgan fingerprint density at radius 3 is 2.26 bits per heavy atom. The van der Waals surface area contributed by atoms with E-state index in [0.29, 0.717) is 15.6 Å². The first kappa shape index (κ1) is 19.2. The third-order valence-electron chi connectivity index (χ3n) is 3.52. The number of sulfonamides is 1. The van der Waals surface area contributed by atoms with E-state index in [4.69, 9.17) is 11.6 Å². The predicted molar refractivity (Wildman–Crippen MR) is 106 cm³/mol. The molecule has 138 valence electrons. The van der Waals surface area contributed by atoms with Crippen LogP contribution in [0.25, 0.3) is 0 Å². The number of hydrogen-bond acceptors (Lipinski definition) is 5. The molecule has 0 unspecified atom stereocenters. The molecule has 3 rings (SSSR count). The van der Waals surface area contributed by atoms with Crippen LogP contribution < -0.4 is 4.72 Å². The molecule has 6 nitrogen and oxygen atoms in total. The molecule has 0 aliphatic carbocycles. The van der Waals surface area contributed by atoms with Gasteiger partial charge in [-0.05, 0) is 42.5 Å². The van der Waals surface area contributed by atoms with Crippen LogP contribution in [0.1, 0.15) is 0 Å². The van der Waals surface area contributed by atoms with Crippen molar-refractivity contribution in [1.82, 2.24) is 0 Å². The largest absolute Gasteiger partial charge is 0.289 e. The summed E-state index contributed by atoms with van der Waals surface area (Å²) >= 11 is 7.24. The standard InChI is InChI=1S/C18H13ClN2O4S2/c19-13-9-11-14(12-10-13)26-17-7-3-1-5-15(17)20-27(24,25)18-8-4-2-6-16(18)21(22)23/h1-12,20H. The van der Waals surface area contributed by atoms with Gasteiger partial charge in [-0.1, -0.05) is 47.6 Å². The maximum atomic E-state index is 12.7. The minimum absolute atomic E-state index is 0.329. The van der Waals surface area contributed by atoms with Gasteiger partial charge in [0.15, 0.2) is 4.90 Å². The molecule has 27 heavy (non-hydrogen) atoms. The number of para-hydroxylation sites is 2. The Hall–Kier alpha value is -2.55. The normalized spacial score (nSPS) is 11.1. The first-order valence-electron chi connectivity index (χ1n) is 7.65. The number of nitrogens with zero attached hydrogens (tertiary/aromatic N) is 1. The smallest absolute Gasteiger partial charge is 0.278 e. The number of halogens is 1. The van der Waals surface area contributed by atoms with E-state index < -0.39 is 20.6 Å². The van der Waals surface area contributed by atoms with Crippen molar-refractivity contribution in [2.24, 2.45) is 0 Å². The van der Waals surface area contributed by atoms with Gasteiger partial charge in [-0.15, -0.1) is 0 Å². The molecule has 0 radical (unpaired) electrons. The van der Waals surface area contributed by atoms with Crippen LogP contribution >= 0.6 is 23.4 Å². The van der Waals surface area contributed by atoms with Gasteiger partial charge in [-0.2, -0.15) is 0 Å². The first-order chi connectivity index (χ1) is 12.9. The second-order valence-corrected chi connectivity index (χ2v) is 8.59. The molecule has 0 fully saturated rings. The average molecular weight is 421 g/mol. The molecule has 0 heterocycles. The fraction of sp³-hybridized carbons (Fsp3) is 0. The molecule has 0 aliphatic heterocycles. The molecule has 0 saturated carbocycles. The number of rotatable bonds is 6. The van der Waals surface area contributed by atoms with Crippen molar-refractivity contribution in [3.63, 3.8) is 0 Å². The summed E-state index contributed by atoms with van der Waals surface area (Å²) in [4.78, 5) is 11.6. The highest BCUT2D eigenvalue weighted by Crippen LogP contribution is 2.35. The minimum atomic E-state index is -4.14. The SMILES string of the molecule is O=[N+]([O-])c1ccccc1S(=O)(=O)Nc1ccccc1Sc1ccc(Cl)cc1. The van der Waals surface area contributed by atoms with E-state index in [1.807, 2.05) is 12.1 Å². The minimum Gasteiger partial charge on any atom is -0.278 e. The second kappa shape index (κ2) is 7.99. The highest BCUT2D eigenvalue weighted by molar-refractivity contribution is 7.99. The van der Waals surface area contributed by atoms with E-state index >= 15 is 0 Å². The monoisotopic (exact) mass is 420 g/mol. The fourth-order valence-corrected chi connectivity index (χ4v) is 4.65. The molecule has 0 aliphatic rings. The molecule has 0 amide bonds. The molecule has 3 aromatic carbocycles. The van der Waals surface area contributed by atoms with Crippen molar-refractivity contribution in [2.75, 3.05) is 4.72 Å². The highest BCUT2D eigenvalue weighted by atomic mass is 35.5. The molecule has 0 atom stereocenters. The van der Waals surface area contributed by atoms with Gasteiger partial charge in [-0.3, -0.25) is 14.8 Å². The Bertz CT molecular complexity index is 1090. The van der Waals surface area contributed by atoms with Crippen molar-refractivity contribution in [1.29, 1.82) is 0 Å². The summed E-state index contributed by atoms with van der Waals surface area (Å²) in [6.07, 6.45) is 0. The molecular formula is C18H13ClN2O4S2. The Morgan fingerprint density at radius 1 is 0.926 bits per heavy atom. The van der Waals surface area contributed by atoms with Crippen LogP contribution in [0.2, 0.25) is 5.02 Å². The predicted octanol–water partition coefficient (Wildman–Crippen LogP) is 5.20. The molecule has 9 heteroatoms. The van der Waals surface area contributed by atoms with Gasteiger partial charge in [0, 0.05) is 20.9 Å². The zero-order valence-electron chi connectivity index (χ0n) is 13.7. The lowest BCUT2D eigenvalue weighted by Crippen LogP contribution is -2.15. The zero-order chi connectivity index (χ0) is 19.4. The highest BCUT2D eigenvalue weighted by Gasteiger charge is 2.25. The summed E-state index contributed by atoms with van der Waals surface area (Å²) in [5.41, 5.74) is -0.150. The molecule has 1 N–H and O–H groups in total. The van der Waals surface area contributed by atoms with Crippen molar-refractivity contribution in [2.45, 2.75) is 14.7 Å². The van der Waals surface area contributed by atoms with Crippen LogP contribution in [-0.4, -0.2) is 13.3 Å². The molecular weight excluding hydrogens is 408 g/mol. The van der Waals surface area contributed by atoms with Crippen molar-refractivity contribution in [3.05, 3.63) is 87.9 Å². The third-order valence-corrected chi connectivity index (χ3v) is 6.27. The van der Waals surface area contributed by atoms with Crippen molar-refractivity contribution < 1.29 is 13.3 Å². The lowest BCUT2D eigenvalue weighted by Gasteiger charge is -2.12. The van der Waals surface area contributed by atoms with Gasteiger partial charge in [0.1, 0.15) is 0 Å². The number of nitrogens with one attached hydrogen (secondary N) is 1. The lowest BCUT2D eigenvalue weighted by molar-refractivity contribution is -0.387. The third kappa shape index (κ3) is 4.60. The Kier molecular flexibility index (Phi) is 5.69. The summed E-state index contributed by atoms with van der Waals surface area (Å²) < 4.78 is 27.9. The van der Waals surface area contributed by atoms with Crippen LogP contribution in [-0.2, 0) is 10.0 Å². The van der Waals surface area contributed by atoms with Crippen LogP contribution in [0.15, 0.2) is 87.5 Å². The van der Waals surface area contributed by atoms with Crippen LogP contribution in [0, 0.1) is 10.1 Å². The van der Waals surface area contributed by atoms with Gasteiger partial charge in [0.25, 0.3) is 15.7 Å². The van der Waals surface area contributed by atoms with Gasteiger partial charge in [0.05, 0.1) is 10.6 Å². The summed E-state index contributed by atoms with van der Waals surface area (Å²) in [5, 5.41) is 11.8. The zero-order valence-corrected chi connectivity index (χ0v) is 16.1. The Morgan fingerprint density at radius 2 is 1.56 bits per heavy atom. The summed E-state index contributed by atoms with van der Waals surface area (Å²) in [5.74, 6) is 0. The van der Waals surface area contributed by atoms with E-state index in [1.54, 1.807) is 36.4 Å². The van der Waals surface area contributed by atoms with E-state index in [-0.39, 0.29) is 4.90 Å². The first-order valence-corrected chi connectivity index (χ1v) is 10.3. The molecule has 0 spiro atoms. The van der Waals surface area contributed by atoms with Gasteiger partial charge in [0.2, 0.25) is 0 Å². The molecule has 0 bridgehead atoms.